The lowest BCUT2D eigenvalue weighted by molar-refractivity contribution is -0.134. The summed E-state index contributed by atoms with van der Waals surface area (Å²) in [6, 6.07) is 7.21. The fraction of sp³-hybridized carbons (Fsp3) is 0.0833. The second kappa shape index (κ2) is 4.10. The summed E-state index contributed by atoms with van der Waals surface area (Å²) in [6.07, 6.45) is 2.85. The van der Waals surface area contributed by atoms with Gasteiger partial charge in [-0.1, -0.05) is 6.07 Å². The minimum absolute atomic E-state index is 0.423. The molecular weight excluding hydrogens is 206 g/mol. The highest BCUT2D eigenvalue weighted by atomic mass is 16.5. The molecule has 2 N–H and O–H groups in total. The highest BCUT2D eigenvalue weighted by Gasteiger charge is 2.03. The predicted molar refractivity (Wildman–Crippen MR) is 61.7 cm³/mol. The third-order valence-electron chi connectivity index (χ3n) is 2.20. The van der Waals surface area contributed by atoms with Gasteiger partial charge in [0.05, 0.1) is 7.11 Å². The summed E-state index contributed by atoms with van der Waals surface area (Å²) in [6.45, 7) is 0. The van der Waals surface area contributed by atoms with Crippen LogP contribution >= 0.6 is 0 Å². The van der Waals surface area contributed by atoms with E-state index < -0.39 is 5.97 Å². The number of benzene rings is 1. The van der Waals surface area contributed by atoms with Gasteiger partial charge >= 0.3 is 5.97 Å². The quantitative estimate of drug-likeness (QED) is 0.475. The van der Waals surface area contributed by atoms with Gasteiger partial charge in [0.2, 0.25) is 0 Å². The van der Waals surface area contributed by atoms with Gasteiger partial charge in [-0.2, -0.15) is 0 Å². The van der Waals surface area contributed by atoms with Crippen molar-refractivity contribution >= 4 is 28.7 Å². The Labute approximate surface area is 92.3 Å². The molecule has 2 aromatic rings. The first-order chi connectivity index (χ1) is 7.70. The Morgan fingerprint density at radius 1 is 1.50 bits per heavy atom. The van der Waals surface area contributed by atoms with Crippen LogP contribution in [0.25, 0.3) is 17.0 Å². The first-order valence-corrected chi connectivity index (χ1v) is 4.75. The zero-order valence-corrected chi connectivity index (χ0v) is 8.77. The summed E-state index contributed by atoms with van der Waals surface area (Å²) in [5.74, 6) is 0.145. The molecule has 0 amide bonds. The van der Waals surface area contributed by atoms with Gasteiger partial charge < -0.3 is 14.9 Å². The van der Waals surface area contributed by atoms with E-state index in [4.69, 9.17) is 10.2 Å². The second-order valence-corrected chi connectivity index (χ2v) is 3.26. The molecule has 0 spiro atoms. The molecule has 4 nitrogen and oxygen atoms in total. The van der Waals surface area contributed by atoms with E-state index in [-0.39, 0.29) is 0 Å². The number of hydrogen-bond acceptors (Lipinski definition) is 4. The Morgan fingerprint density at radius 3 is 3.00 bits per heavy atom. The minimum Gasteiger partial charge on any atom is -0.466 e. The average Bonchev–Trinajstić information content (AvgIpc) is 2.70. The number of ether oxygens (including phenoxy) is 1. The molecule has 0 aliphatic heterocycles. The van der Waals surface area contributed by atoms with Gasteiger partial charge in [-0.15, -0.1) is 0 Å². The van der Waals surface area contributed by atoms with Crippen LogP contribution in [0.5, 0.6) is 0 Å². The summed E-state index contributed by atoms with van der Waals surface area (Å²) in [7, 11) is 1.32. The van der Waals surface area contributed by atoms with Crippen molar-refractivity contribution in [1.29, 1.82) is 0 Å². The molecule has 82 valence electrons. The zero-order chi connectivity index (χ0) is 11.5. The molecule has 4 heteroatoms. The summed E-state index contributed by atoms with van der Waals surface area (Å²) in [5.41, 5.74) is 7.13. The molecule has 1 heterocycles. The summed E-state index contributed by atoms with van der Waals surface area (Å²) < 4.78 is 9.95. The predicted octanol–water partition coefficient (Wildman–Crippen LogP) is 2.20. The van der Waals surface area contributed by atoms with Crippen LogP contribution in [0.15, 0.2) is 34.8 Å². The topological polar surface area (TPSA) is 65.5 Å². The number of furan rings is 1. The highest BCUT2D eigenvalue weighted by Crippen LogP contribution is 2.25. The maximum atomic E-state index is 10.9. The molecule has 0 radical (unpaired) electrons. The number of nitrogen functional groups attached to an aromatic ring is 1. The molecule has 0 aliphatic carbocycles. The van der Waals surface area contributed by atoms with Crippen LogP contribution in [0, 0.1) is 0 Å². The van der Waals surface area contributed by atoms with Crippen molar-refractivity contribution in [3.05, 3.63) is 36.1 Å². The molecule has 0 aliphatic rings. The molecule has 0 atom stereocenters. The lowest BCUT2D eigenvalue weighted by atomic mass is 10.2. The molecule has 1 aromatic heterocycles. The van der Waals surface area contributed by atoms with Gasteiger partial charge in [-0.3, -0.25) is 0 Å². The normalized spacial score (nSPS) is 11.1. The molecular formula is C12H11NO3. The molecule has 0 bridgehead atoms. The molecule has 0 unspecified atom stereocenters. The Balaban J connectivity index is 2.37. The van der Waals surface area contributed by atoms with Crippen molar-refractivity contribution < 1.29 is 13.9 Å². The number of rotatable bonds is 2. The third-order valence-corrected chi connectivity index (χ3v) is 2.20. The molecule has 0 saturated carbocycles. The van der Waals surface area contributed by atoms with E-state index in [1.807, 2.05) is 12.1 Å². The van der Waals surface area contributed by atoms with Crippen molar-refractivity contribution in [3.8, 4) is 0 Å². The van der Waals surface area contributed by atoms with Gasteiger partial charge in [-0.05, 0) is 24.3 Å². The molecule has 0 fully saturated rings. The van der Waals surface area contributed by atoms with Crippen LogP contribution in [0.4, 0.5) is 5.69 Å². The van der Waals surface area contributed by atoms with Crippen LogP contribution in [0.1, 0.15) is 5.76 Å². The summed E-state index contributed by atoms with van der Waals surface area (Å²) in [5, 5.41) is 0.840. The fourth-order valence-corrected chi connectivity index (χ4v) is 1.40. The summed E-state index contributed by atoms with van der Waals surface area (Å²) in [4.78, 5) is 10.9. The maximum absolute atomic E-state index is 10.9. The number of esters is 1. The number of anilines is 1. The van der Waals surface area contributed by atoms with Crippen molar-refractivity contribution in [2.45, 2.75) is 0 Å². The van der Waals surface area contributed by atoms with E-state index in [9.17, 15) is 4.79 Å². The number of hydrogen-bond donors (Lipinski definition) is 1. The summed E-state index contributed by atoms with van der Waals surface area (Å²) >= 11 is 0. The highest BCUT2D eigenvalue weighted by molar-refractivity contribution is 5.92. The number of carbonyl (C=O) groups is 1. The smallest absolute Gasteiger partial charge is 0.330 e. The first kappa shape index (κ1) is 10.3. The lowest BCUT2D eigenvalue weighted by Crippen LogP contribution is -1.92. The SMILES string of the molecule is COC(=O)/C=C/c1cc2c(N)cccc2o1. The molecule has 16 heavy (non-hydrogen) atoms. The monoisotopic (exact) mass is 217 g/mol. The van der Waals surface area contributed by atoms with E-state index in [1.54, 1.807) is 18.2 Å². The van der Waals surface area contributed by atoms with Crippen LogP contribution in [0.2, 0.25) is 0 Å². The second-order valence-electron chi connectivity index (χ2n) is 3.26. The van der Waals surface area contributed by atoms with Crippen molar-refractivity contribution in [1.82, 2.24) is 0 Å². The standard InChI is InChI=1S/C12H11NO3/c1-15-12(14)6-5-8-7-9-10(13)3-2-4-11(9)16-8/h2-7H,13H2,1H3/b6-5+. The lowest BCUT2D eigenvalue weighted by Gasteiger charge is -1.90. The fourth-order valence-electron chi connectivity index (χ4n) is 1.40. The Morgan fingerprint density at radius 2 is 2.31 bits per heavy atom. The van der Waals surface area contributed by atoms with Gasteiger partial charge in [-0.25, -0.2) is 4.79 Å². The third kappa shape index (κ3) is 1.91. The van der Waals surface area contributed by atoms with E-state index in [0.717, 1.165) is 5.39 Å². The Kier molecular flexibility index (Phi) is 2.64. The molecule has 2 rings (SSSR count). The van der Waals surface area contributed by atoms with Crippen molar-refractivity contribution in [3.63, 3.8) is 0 Å². The first-order valence-electron chi connectivity index (χ1n) is 4.75. The maximum Gasteiger partial charge on any atom is 0.330 e. The van der Waals surface area contributed by atoms with E-state index in [1.165, 1.54) is 13.2 Å². The van der Waals surface area contributed by atoms with Gasteiger partial charge in [0, 0.05) is 17.1 Å². The van der Waals surface area contributed by atoms with Crippen LogP contribution in [-0.2, 0) is 9.53 Å². The number of nitrogens with two attached hydrogens (primary N) is 1. The molecule has 0 saturated heterocycles. The Bertz CT molecular complexity index is 554. The van der Waals surface area contributed by atoms with E-state index in [2.05, 4.69) is 4.74 Å². The van der Waals surface area contributed by atoms with Crippen LogP contribution in [-0.4, -0.2) is 13.1 Å². The Hall–Kier alpha value is -2.23. The zero-order valence-electron chi connectivity index (χ0n) is 8.77. The molecule has 1 aromatic carbocycles. The van der Waals surface area contributed by atoms with Crippen molar-refractivity contribution in [2.24, 2.45) is 0 Å². The van der Waals surface area contributed by atoms with Gasteiger partial charge in [0.25, 0.3) is 0 Å². The minimum atomic E-state index is -0.423. The van der Waals surface area contributed by atoms with Crippen LogP contribution < -0.4 is 5.73 Å². The van der Waals surface area contributed by atoms with Crippen molar-refractivity contribution in [2.75, 3.05) is 12.8 Å². The van der Waals surface area contributed by atoms with E-state index >= 15 is 0 Å². The number of methoxy groups -OCH3 is 1. The number of carbonyl (C=O) groups excluding carboxylic acids is 1. The van der Waals surface area contributed by atoms with Gasteiger partial charge in [0.15, 0.2) is 0 Å². The van der Waals surface area contributed by atoms with E-state index in [0.29, 0.717) is 17.0 Å². The van der Waals surface area contributed by atoms with Crippen LogP contribution in [0.3, 0.4) is 0 Å². The largest absolute Gasteiger partial charge is 0.466 e. The van der Waals surface area contributed by atoms with Gasteiger partial charge in [0.1, 0.15) is 11.3 Å². The number of fused-ring (bicyclic) bond motifs is 1. The average molecular weight is 217 g/mol.